The first-order valence-electron chi connectivity index (χ1n) is 9.50. The lowest BCUT2D eigenvalue weighted by Gasteiger charge is -2.26. The Bertz CT molecular complexity index is 685. The lowest BCUT2D eigenvalue weighted by Crippen LogP contribution is -2.36. The Kier molecular flexibility index (Phi) is 8.34. The van der Waals surface area contributed by atoms with Gasteiger partial charge >= 0.3 is 11.7 Å². The van der Waals surface area contributed by atoms with Crippen LogP contribution in [0.2, 0.25) is 0 Å². The van der Waals surface area contributed by atoms with Crippen LogP contribution in [0.3, 0.4) is 0 Å². The number of rotatable bonds is 13. The smallest absolute Gasteiger partial charge is 0.335 e. The van der Waals surface area contributed by atoms with E-state index in [-0.39, 0.29) is 11.6 Å². The summed E-state index contributed by atoms with van der Waals surface area (Å²) in [5.41, 5.74) is -1.48. The number of aliphatic carboxylic acids is 1. The average molecular weight is 383 g/mol. The van der Waals surface area contributed by atoms with E-state index >= 15 is 0 Å². The number of hydrogen-bond acceptors (Lipinski definition) is 4. The van der Waals surface area contributed by atoms with Gasteiger partial charge in [0.1, 0.15) is 0 Å². The van der Waals surface area contributed by atoms with Crippen LogP contribution in [0.1, 0.15) is 66.2 Å². The maximum atomic E-state index is 12.2. The molecule has 1 aromatic heterocycles. The maximum absolute atomic E-state index is 12.2. The number of imidazole rings is 1. The van der Waals surface area contributed by atoms with Gasteiger partial charge in [0, 0.05) is 25.0 Å². The van der Waals surface area contributed by atoms with E-state index in [4.69, 9.17) is 9.84 Å². The van der Waals surface area contributed by atoms with Gasteiger partial charge in [-0.05, 0) is 59.8 Å². The lowest BCUT2D eigenvalue weighted by molar-refractivity contribution is -0.147. The third kappa shape index (κ3) is 6.57. The van der Waals surface area contributed by atoms with Crippen molar-refractivity contribution < 1.29 is 19.7 Å². The van der Waals surface area contributed by atoms with Crippen LogP contribution in [0.25, 0.3) is 6.20 Å². The number of ether oxygens (including phenoxy) is 1. The van der Waals surface area contributed by atoms with Crippen molar-refractivity contribution in [3.05, 3.63) is 23.3 Å². The Morgan fingerprint density at radius 3 is 2.19 bits per heavy atom. The number of carbonyl (C=O) groups is 1. The summed E-state index contributed by atoms with van der Waals surface area (Å²) in [6.45, 7) is 12.1. The molecule has 0 aliphatic carbocycles. The van der Waals surface area contributed by atoms with E-state index in [1.54, 1.807) is 13.8 Å². The highest BCUT2D eigenvalue weighted by atomic mass is 16.5. The Hall–Kier alpha value is -2.02. The number of carboxylic acids is 1. The number of hydrogen-bond donors (Lipinski definition) is 2. The first kappa shape index (κ1) is 23.0. The zero-order valence-electron chi connectivity index (χ0n) is 17.0. The summed E-state index contributed by atoms with van der Waals surface area (Å²) in [5.74, 6) is -0.829. The third-order valence-corrected chi connectivity index (χ3v) is 4.94. The topological polar surface area (TPSA) is 93.7 Å². The summed E-state index contributed by atoms with van der Waals surface area (Å²) in [5, 5.41) is 19.1. The molecule has 0 radical (unpaired) electrons. The molecule has 154 valence electrons. The normalized spacial score (nSPS) is 12.3. The summed E-state index contributed by atoms with van der Waals surface area (Å²) in [6.07, 6.45) is 7.52. The van der Waals surface area contributed by atoms with Crippen LogP contribution in [0, 0.1) is 5.41 Å². The molecule has 0 aromatic carbocycles. The van der Waals surface area contributed by atoms with Crippen molar-refractivity contribution in [2.75, 3.05) is 13.2 Å². The highest BCUT2D eigenvalue weighted by molar-refractivity contribution is 5.73. The van der Waals surface area contributed by atoms with Gasteiger partial charge in [-0.3, -0.25) is 13.9 Å². The van der Waals surface area contributed by atoms with Gasteiger partial charge in [-0.2, -0.15) is 0 Å². The van der Waals surface area contributed by atoms with Gasteiger partial charge in [0.2, 0.25) is 5.88 Å². The number of carboxylic acid groups (broad SMARTS) is 1. The molecular weight excluding hydrogens is 348 g/mol. The largest absolute Gasteiger partial charge is 0.493 e. The fraction of sp³-hybridized carbons (Fsp3) is 0.700. The van der Waals surface area contributed by atoms with E-state index in [0.717, 1.165) is 32.1 Å². The second kappa shape index (κ2) is 9.78. The summed E-state index contributed by atoms with van der Waals surface area (Å²) in [7, 11) is 0. The number of nitrogens with zero attached hydrogens (tertiary/aromatic N) is 2. The summed E-state index contributed by atoms with van der Waals surface area (Å²) >= 11 is 0. The van der Waals surface area contributed by atoms with Gasteiger partial charge in [0.05, 0.1) is 11.6 Å². The zero-order valence-corrected chi connectivity index (χ0v) is 17.0. The lowest BCUT2D eigenvalue weighted by atomic mass is 9.87. The highest BCUT2D eigenvalue weighted by Gasteiger charge is 2.27. The second-order valence-corrected chi connectivity index (χ2v) is 8.22. The zero-order chi connectivity index (χ0) is 20.7. The molecule has 0 atom stereocenters. The second-order valence-electron chi connectivity index (χ2n) is 8.22. The Balaban J connectivity index is 2.27. The molecule has 0 saturated heterocycles. The summed E-state index contributed by atoms with van der Waals surface area (Å²) in [4.78, 5) is 23.3. The van der Waals surface area contributed by atoms with E-state index < -0.39 is 16.9 Å². The van der Waals surface area contributed by atoms with Gasteiger partial charge in [-0.1, -0.05) is 13.0 Å². The molecule has 0 aliphatic heterocycles. The molecule has 0 amide bonds. The quantitative estimate of drug-likeness (QED) is 0.508. The van der Waals surface area contributed by atoms with E-state index in [9.17, 15) is 14.7 Å². The first-order chi connectivity index (χ1) is 12.5. The minimum atomic E-state index is -0.764. The first-order valence-corrected chi connectivity index (χ1v) is 9.50. The third-order valence-electron chi connectivity index (χ3n) is 4.94. The fourth-order valence-electron chi connectivity index (χ4n) is 3.00. The molecule has 1 rings (SSSR count). The molecule has 0 bridgehead atoms. The SMILES string of the molecule is C=Cn1cc(O)n(C(C)(C)CCCCOCCCCC(C)(C)C(=O)O)c1=O. The predicted molar refractivity (Wildman–Crippen MR) is 106 cm³/mol. The van der Waals surface area contributed by atoms with Crippen molar-refractivity contribution in [2.45, 2.75) is 71.8 Å². The molecule has 7 heteroatoms. The highest BCUT2D eigenvalue weighted by Crippen LogP contribution is 2.26. The van der Waals surface area contributed by atoms with Gasteiger partial charge in [-0.25, -0.2) is 4.79 Å². The van der Waals surface area contributed by atoms with Crippen LogP contribution in [0.5, 0.6) is 5.88 Å². The molecule has 27 heavy (non-hydrogen) atoms. The Morgan fingerprint density at radius 2 is 1.70 bits per heavy atom. The minimum absolute atomic E-state index is 0.0644. The monoisotopic (exact) mass is 382 g/mol. The van der Waals surface area contributed by atoms with Crippen LogP contribution >= 0.6 is 0 Å². The van der Waals surface area contributed by atoms with Gasteiger partial charge in [0.25, 0.3) is 0 Å². The van der Waals surface area contributed by atoms with Crippen molar-refractivity contribution in [1.82, 2.24) is 9.13 Å². The van der Waals surface area contributed by atoms with Crippen LogP contribution in [-0.2, 0) is 15.1 Å². The molecule has 0 fully saturated rings. The van der Waals surface area contributed by atoms with E-state index in [1.165, 1.54) is 21.5 Å². The van der Waals surface area contributed by atoms with Crippen molar-refractivity contribution in [2.24, 2.45) is 5.41 Å². The summed E-state index contributed by atoms with van der Waals surface area (Å²) in [6, 6.07) is 0. The molecule has 0 unspecified atom stereocenters. The molecule has 2 N–H and O–H groups in total. The average Bonchev–Trinajstić information content (AvgIpc) is 2.87. The summed E-state index contributed by atoms with van der Waals surface area (Å²) < 4.78 is 8.27. The standard InChI is InChI=1S/C20H34N2O5/c1-6-21-15-16(23)22(18(21)26)20(4,5)12-8-10-14-27-13-9-7-11-19(2,3)17(24)25/h6,15,23H,1,7-14H2,2-5H3,(H,24,25). The number of aromatic hydroxyl groups is 1. The molecule has 1 heterocycles. The van der Waals surface area contributed by atoms with Crippen molar-refractivity contribution >= 4 is 12.2 Å². The number of unbranched alkanes of at least 4 members (excludes halogenated alkanes) is 2. The molecule has 1 aromatic rings. The maximum Gasteiger partial charge on any atom is 0.335 e. The van der Waals surface area contributed by atoms with Gasteiger partial charge in [-0.15, -0.1) is 0 Å². The molecule has 7 nitrogen and oxygen atoms in total. The van der Waals surface area contributed by atoms with E-state index in [2.05, 4.69) is 6.58 Å². The van der Waals surface area contributed by atoms with Crippen LogP contribution < -0.4 is 5.69 Å². The van der Waals surface area contributed by atoms with E-state index in [1.807, 2.05) is 13.8 Å². The Morgan fingerprint density at radius 1 is 1.15 bits per heavy atom. The van der Waals surface area contributed by atoms with Crippen molar-refractivity contribution in [3.8, 4) is 5.88 Å². The van der Waals surface area contributed by atoms with Gasteiger partial charge < -0.3 is 14.9 Å². The van der Waals surface area contributed by atoms with E-state index in [0.29, 0.717) is 19.6 Å². The molecule has 0 aliphatic rings. The van der Waals surface area contributed by atoms with Crippen LogP contribution in [0.4, 0.5) is 0 Å². The molecule has 0 spiro atoms. The van der Waals surface area contributed by atoms with Crippen LogP contribution in [0.15, 0.2) is 17.6 Å². The van der Waals surface area contributed by atoms with Gasteiger partial charge in [0.15, 0.2) is 0 Å². The predicted octanol–water partition coefficient (Wildman–Crippen LogP) is 3.66. The molecule has 0 saturated carbocycles. The molecular formula is C20H34N2O5. The van der Waals surface area contributed by atoms with Crippen LogP contribution in [-0.4, -0.2) is 38.5 Å². The Labute approximate surface area is 161 Å². The van der Waals surface area contributed by atoms with Crippen molar-refractivity contribution in [3.63, 3.8) is 0 Å². The minimum Gasteiger partial charge on any atom is -0.493 e. The van der Waals surface area contributed by atoms with Crippen molar-refractivity contribution in [1.29, 1.82) is 0 Å². The fourth-order valence-corrected chi connectivity index (χ4v) is 3.00. The number of aromatic nitrogens is 2.